The lowest BCUT2D eigenvalue weighted by Crippen LogP contribution is -2.12. The van der Waals surface area contributed by atoms with Crippen LogP contribution in [0.1, 0.15) is 17.0 Å². The monoisotopic (exact) mass is 299 g/mol. The summed E-state index contributed by atoms with van der Waals surface area (Å²) in [6.45, 7) is 4.75. The van der Waals surface area contributed by atoms with E-state index in [0.717, 1.165) is 22.6 Å². The van der Waals surface area contributed by atoms with Crippen molar-refractivity contribution in [1.82, 2.24) is 15.1 Å². The Labute approximate surface area is 128 Å². The average molecular weight is 299 g/mol. The second kappa shape index (κ2) is 6.95. The molecule has 6 heteroatoms. The van der Waals surface area contributed by atoms with Gasteiger partial charge in [-0.25, -0.2) is 4.99 Å². The molecule has 0 unspecified atom stereocenters. The summed E-state index contributed by atoms with van der Waals surface area (Å²) < 4.78 is 1.97. The summed E-state index contributed by atoms with van der Waals surface area (Å²) in [7, 11) is 0. The second-order valence-corrected chi connectivity index (χ2v) is 5.41. The van der Waals surface area contributed by atoms with E-state index < -0.39 is 0 Å². The van der Waals surface area contributed by atoms with Crippen molar-refractivity contribution in [2.45, 2.75) is 20.4 Å². The highest BCUT2D eigenvalue weighted by atomic mass is 32.2. The molecule has 5 nitrogen and oxygen atoms in total. The Hall–Kier alpha value is -2.26. The van der Waals surface area contributed by atoms with Crippen molar-refractivity contribution in [2.24, 2.45) is 4.99 Å². The predicted octanol–water partition coefficient (Wildman–Crippen LogP) is 2.97. The van der Waals surface area contributed by atoms with Crippen molar-refractivity contribution < 1.29 is 0 Å². The number of hydrogen-bond acceptors (Lipinski definition) is 4. The molecule has 108 valence electrons. The normalized spacial score (nSPS) is 11.2. The molecule has 1 aromatic heterocycles. The number of aliphatic imine (C=N–C) groups is 1. The van der Waals surface area contributed by atoms with Crippen LogP contribution in [0.4, 0.5) is 5.69 Å². The maximum absolute atomic E-state index is 8.66. The van der Waals surface area contributed by atoms with Crippen LogP contribution in [-0.4, -0.2) is 21.2 Å². The van der Waals surface area contributed by atoms with Gasteiger partial charge in [-0.3, -0.25) is 10.00 Å². The zero-order chi connectivity index (χ0) is 15.2. The lowest BCUT2D eigenvalue weighted by atomic mass is 10.2. The Balaban J connectivity index is 2.22. The Morgan fingerprint density at radius 1 is 1.43 bits per heavy atom. The highest BCUT2D eigenvalue weighted by molar-refractivity contribution is 8.13. The van der Waals surface area contributed by atoms with E-state index in [1.54, 1.807) is 0 Å². The molecule has 2 aromatic rings. The molecule has 0 atom stereocenters. The smallest absolute Gasteiger partial charge is 0.183 e. The first kappa shape index (κ1) is 15.1. The number of hydrogen-bond donors (Lipinski definition) is 1. The van der Waals surface area contributed by atoms with E-state index in [9.17, 15) is 0 Å². The minimum Gasteiger partial charge on any atom is -0.271 e. The van der Waals surface area contributed by atoms with Gasteiger partial charge in [0.2, 0.25) is 0 Å². The van der Waals surface area contributed by atoms with Crippen molar-refractivity contribution in [3.05, 3.63) is 47.3 Å². The van der Waals surface area contributed by atoms with E-state index in [1.165, 1.54) is 11.8 Å². The average Bonchev–Trinajstić information content (AvgIpc) is 2.77. The Morgan fingerprint density at radius 2 is 2.24 bits per heavy atom. The maximum atomic E-state index is 8.66. The number of nitriles is 1. The first-order chi connectivity index (χ1) is 10.1. The molecule has 0 amide bonds. The molecular formula is C15H17N5S. The van der Waals surface area contributed by atoms with Crippen LogP contribution in [0.3, 0.4) is 0 Å². The summed E-state index contributed by atoms with van der Waals surface area (Å²) in [6, 6.07) is 9.99. The summed E-state index contributed by atoms with van der Waals surface area (Å²) >= 11 is 1.40. The molecule has 21 heavy (non-hydrogen) atoms. The van der Waals surface area contributed by atoms with Crippen molar-refractivity contribution in [3.63, 3.8) is 0 Å². The fourth-order valence-electron chi connectivity index (χ4n) is 2.02. The van der Waals surface area contributed by atoms with Crippen molar-refractivity contribution in [1.29, 1.82) is 5.26 Å². The van der Waals surface area contributed by atoms with Gasteiger partial charge in [-0.15, -0.1) is 0 Å². The minimum atomic E-state index is 0.584. The largest absolute Gasteiger partial charge is 0.271 e. The predicted molar refractivity (Wildman–Crippen MR) is 86.6 cm³/mol. The number of nitrogens with one attached hydrogen (secondary N) is 1. The Kier molecular flexibility index (Phi) is 5.01. The number of nitrogens with zero attached hydrogens (tertiary/aromatic N) is 4. The molecule has 2 rings (SSSR count). The molecule has 1 heterocycles. The zero-order valence-electron chi connectivity index (χ0n) is 12.3. The van der Waals surface area contributed by atoms with E-state index in [2.05, 4.69) is 21.5 Å². The van der Waals surface area contributed by atoms with Gasteiger partial charge < -0.3 is 0 Å². The summed E-state index contributed by atoms with van der Waals surface area (Å²) in [4.78, 5) is 4.41. The van der Waals surface area contributed by atoms with Crippen LogP contribution in [0.15, 0.2) is 35.3 Å². The third kappa shape index (κ3) is 4.10. The number of benzene rings is 1. The molecule has 1 aromatic carbocycles. The third-order valence-corrected chi connectivity index (χ3v) is 3.51. The summed E-state index contributed by atoms with van der Waals surface area (Å²) in [6.07, 6.45) is 3.77. The van der Waals surface area contributed by atoms with Gasteiger partial charge in [0.25, 0.3) is 0 Å². The van der Waals surface area contributed by atoms with E-state index in [1.807, 2.05) is 55.2 Å². The molecule has 0 bridgehead atoms. The van der Waals surface area contributed by atoms with Crippen LogP contribution in [0.5, 0.6) is 0 Å². The van der Waals surface area contributed by atoms with E-state index in [-0.39, 0.29) is 0 Å². The lowest BCUT2D eigenvalue weighted by molar-refractivity contribution is 0.659. The molecule has 0 radical (unpaired) electrons. The van der Waals surface area contributed by atoms with Crippen LogP contribution >= 0.6 is 11.8 Å². The molecular weight excluding hydrogens is 282 g/mol. The van der Waals surface area contributed by atoms with Crippen molar-refractivity contribution in [3.8, 4) is 6.19 Å². The number of amidine groups is 1. The van der Waals surface area contributed by atoms with E-state index >= 15 is 0 Å². The van der Waals surface area contributed by atoms with Crippen LogP contribution in [0.25, 0.3) is 0 Å². The molecule has 0 aliphatic carbocycles. The third-order valence-electron chi connectivity index (χ3n) is 2.93. The Bertz CT molecular complexity index is 696. The summed E-state index contributed by atoms with van der Waals surface area (Å²) in [5.74, 6) is 0. The molecule has 1 N–H and O–H groups in total. The highest BCUT2D eigenvalue weighted by Gasteiger charge is 2.03. The van der Waals surface area contributed by atoms with Gasteiger partial charge in [-0.2, -0.15) is 10.4 Å². The van der Waals surface area contributed by atoms with Gasteiger partial charge in [0.15, 0.2) is 11.4 Å². The van der Waals surface area contributed by atoms with E-state index in [0.29, 0.717) is 11.7 Å². The highest BCUT2D eigenvalue weighted by Crippen LogP contribution is 2.17. The fourth-order valence-corrected chi connectivity index (χ4v) is 2.37. The quantitative estimate of drug-likeness (QED) is 0.409. The number of rotatable bonds is 3. The van der Waals surface area contributed by atoms with Crippen LogP contribution in [-0.2, 0) is 6.54 Å². The topological polar surface area (TPSA) is 66.0 Å². The van der Waals surface area contributed by atoms with E-state index in [4.69, 9.17) is 5.26 Å². The minimum absolute atomic E-state index is 0.584. The summed E-state index contributed by atoms with van der Waals surface area (Å²) in [5.41, 5.74) is 4.10. The van der Waals surface area contributed by atoms with Gasteiger partial charge in [-0.1, -0.05) is 23.9 Å². The lowest BCUT2D eigenvalue weighted by Gasteiger charge is -2.06. The molecule has 0 fully saturated rings. The van der Waals surface area contributed by atoms with Crippen molar-refractivity contribution >= 4 is 22.6 Å². The van der Waals surface area contributed by atoms with Gasteiger partial charge in [0.1, 0.15) is 0 Å². The second-order valence-electron chi connectivity index (χ2n) is 4.61. The van der Waals surface area contributed by atoms with Crippen LogP contribution in [0, 0.1) is 25.3 Å². The van der Waals surface area contributed by atoms with Gasteiger partial charge in [0, 0.05) is 5.69 Å². The number of aryl methyl sites for hydroxylation is 2. The molecule has 0 aliphatic heterocycles. The SMILES string of the molecule is CSC(=Nc1cccc(Cn2nc(C)cc2C)c1)NC#N. The molecule has 0 saturated heterocycles. The molecule has 0 aliphatic rings. The fraction of sp³-hybridized carbons (Fsp3) is 0.267. The molecule has 0 spiro atoms. The number of aromatic nitrogens is 2. The number of thioether (sulfide) groups is 1. The van der Waals surface area contributed by atoms with Crippen LogP contribution < -0.4 is 5.32 Å². The maximum Gasteiger partial charge on any atom is 0.183 e. The Morgan fingerprint density at radius 3 is 2.86 bits per heavy atom. The first-order valence-corrected chi connectivity index (χ1v) is 7.72. The van der Waals surface area contributed by atoms with Crippen LogP contribution in [0.2, 0.25) is 0 Å². The molecule has 0 saturated carbocycles. The van der Waals surface area contributed by atoms with Gasteiger partial charge in [-0.05, 0) is 43.9 Å². The van der Waals surface area contributed by atoms with Gasteiger partial charge >= 0.3 is 0 Å². The van der Waals surface area contributed by atoms with Crippen molar-refractivity contribution in [2.75, 3.05) is 6.26 Å². The van der Waals surface area contributed by atoms with Gasteiger partial charge in [0.05, 0.1) is 17.9 Å². The summed E-state index contributed by atoms with van der Waals surface area (Å²) in [5, 5.41) is 16.3. The standard InChI is InChI=1S/C15H17N5S/c1-11-7-12(2)20(19-11)9-13-5-4-6-14(8-13)18-15(21-3)17-10-16/h4-8H,9H2,1-3H3,(H,17,18). The zero-order valence-corrected chi connectivity index (χ0v) is 13.1. The first-order valence-electron chi connectivity index (χ1n) is 6.50.